The molecule has 6 heteroatoms. The highest BCUT2D eigenvalue weighted by Crippen LogP contribution is 2.09. The Labute approximate surface area is 121 Å². The molecular formula is C14H24N2O3S. The number of nitrogen functional groups attached to an aromatic ring is 1. The summed E-state index contributed by atoms with van der Waals surface area (Å²) in [6.07, 6.45) is 1.83. The number of anilines is 1. The summed E-state index contributed by atoms with van der Waals surface area (Å²) in [5.74, 6) is -0.0411. The van der Waals surface area contributed by atoms with Crippen LogP contribution in [0.3, 0.4) is 0 Å². The molecule has 0 saturated carbocycles. The molecule has 0 saturated heterocycles. The number of hydrogen-bond acceptors (Lipinski definition) is 4. The molecule has 0 fully saturated rings. The van der Waals surface area contributed by atoms with Gasteiger partial charge in [-0.1, -0.05) is 12.1 Å². The van der Waals surface area contributed by atoms with Crippen molar-refractivity contribution in [3.63, 3.8) is 0 Å². The normalized spacial score (nSPS) is 11.9. The molecule has 0 aromatic heterocycles. The molecule has 0 heterocycles. The van der Waals surface area contributed by atoms with Crippen LogP contribution in [0, 0.1) is 0 Å². The Morgan fingerprint density at radius 1 is 1.30 bits per heavy atom. The molecule has 0 aliphatic carbocycles. The molecule has 0 atom stereocenters. The van der Waals surface area contributed by atoms with Crippen molar-refractivity contribution in [2.45, 2.75) is 38.5 Å². The van der Waals surface area contributed by atoms with Crippen molar-refractivity contribution in [2.75, 3.05) is 18.9 Å². The minimum absolute atomic E-state index is 0.0411. The van der Waals surface area contributed by atoms with Crippen LogP contribution < -0.4 is 10.5 Å². The lowest BCUT2D eigenvalue weighted by Crippen LogP contribution is -2.26. The maximum atomic E-state index is 11.9. The van der Waals surface area contributed by atoms with Gasteiger partial charge in [0.25, 0.3) is 0 Å². The van der Waals surface area contributed by atoms with E-state index >= 15 is 0 Å². The predicted molar refractivity (Wildman–Crippen MR) is 81.8 cm³/mol. The minimum atomic E-state index is -3.30. The van der Waals surface area contributed by atoms with E-state index in [0.717, 1.165) is 12.8 Å². The first kappa shape index (κ1) is 16.9. The molecule has 0 bridgehead atoms. The maximum Gasteiger partial charge on any atom is 0.215 e. The van der Waals surface area contributed by atoms with Crippen molar-refractivity contribution in [3.05, 3.63) is 29.8 Å². The highest BCUT2D eigenvalue weighted by atomic mass is 32.2. The summed E-state index contributed by atoms with van der Waals surface area (Å²) in [6.45, 7) is 5.06. The summed E-state index contributed by atoms with van der Waals surface area (Å²) in [4.78, 5) is 0. The SMILES string of the molecule is CC(C)OCCCCNS(=O)(=O)Cc1cccc(N)c1. The molecule has 1 aromatic carbocycles. The maximum absolute atomic E-state index is 11.9. The van der Waals surface area contributed by atoms with E-state index in [2.05, 4.69) is 4.72 Å². The van der Waals surface area contributed by atoms with E-state index < -0.39 is 10.0 Å². The zero-order valence-corrected chi connectivity index (χ0v) is 12.9. The van der Waals surface area contributed by atoms with Gasteiger partial charge in [-0.25, -0.2) is 13.1 Å². The number of rotatable bonds is 9. The van der Waals surface area contributed by atoms with Gasteiger partial charge in [0.15, 0.2) is 0 Å². The van der Waals surface area contributed by atoms with E-state index in [1.165, 1.54) is 0 Å². The average molecular weight is 300 g/mol. The van der Waals surface area contributed by atoms with Crippen molar-refractivity contribution in [2.24, 2.45) is 0 Å². The summed E-state index contributed by atoms with van der Waals surface area (Å²) in [5.41, 5.74) is 6.90. The summed E-state index contributed by atoms with van der Waals surface area (Å²) in [6, 6.07) is 6.92. The molecule has 0 radical (unpaired) electrons. The van der Waals surface area contributed by atoms with Gasteiger partial charge in [0.1, 0.15) is 0 Å². The molecule has 3 N–H and O–H groups in total. The third-order valence-electron chi connectivity index (χ3n) is 2.65. The Bertz CT molecular complexity index is 501. The van der Waals surface area contributed by atoms with Gasteiger partial charge in [-0.05, 0) is 44.4 Å². The van der Waals surface area contributed by atoms with E-state index in [1.807, 2.05) is 13.8 Å². The zero-order chi connectivity index (χ0) is 15.0. The van der Waals surface area contributed by atoms with Gasteiger partial charge in [-0.3, -0.25) is 0 Å². The summed E-state index contributed by atoms with van der Waals surface area (Å²) in [5, 5.41) is 0. The first-order valence-corrected chi connectivity index (χ1v) is 8.47. The predicted octanol–water partition coefficient (Wildman–Crippen LogP) is 1.89. The van der Waals surface area contributed by atoms with Gasteiger partial charge in [0, 0.05) is 18.8 Å². The quantitative estimate of drug-likeness (QED) is 0.539. The van der Waals surface area contributed by atoms with Gasteiger partial charge >= 0.3 is 0 Å². The molecule has 5 nitrogen and oxygen atoms in total. The third kappa shape index (κ3) is 7.47. The molecular weight excluding hydrogens is 276 g/mol. The Morgan fingerprint density at radius 3 is 2.70 bits per heavy atom. The molecule has 114 valence electrons. The summed E-state index contributed by atoms with van der Waals surface area (Å²) in [7, 11) is -3.30. The standard InChI is InChI=1S/C14H24N2O3S/c1-12(2)19-9-4-3-8-16-20(17,18)11-13-6-5-7-14(15)10-13/h5-7,10,12,16H,3-4,8-9,11,15H2,1-2H3. The van der Waals surface area contributed by atoms with Crippen LogP contribution in [0.25, 0.3) is 0 Å². The zero-order valence-electron chi connectivity index (χ0n) is 12.1. The fourth-order valence-electron chi connectivity index (χ4n) is 1.73. The van der Waals surface area contributed by atoms with Crippen LogP contribution >= 0.6 is 0 Å². The van der Waals surface area contributed by atoms with E-state index in [-0.39, 0.29) is 11.9 Å². The lowest BCUT2D eigenvalue weighted by atomic mass is 10.2. The Morgan fingerprint density at radius 2 is 2.05 bits per heavy atom. The number of unbranched alkanes of at least 4 members (excludes halogenated alkanes) is 1. The second kappa shape index (κ2) is 8.24. The third-order valence-corrected chi connectivity index (χ3v) is 4.01. The monoisotopic (exact) mass is 300 g/mol. The number of benzene rings is 1. The first-order valence-electron chi connectivity index (χ1n) is 6.82. The smallest absolute Gasteiger partial charge is 0.215 e. The van der Waals surface area contributed by atoms with Crippen LogP contribution in [0.2, 0.25) is 0 Å². The first-order chi connectivity index (χ1) is 9.39. The van der Waals surface area contributed by atoms with Crippen LogP contribution in [0.5, 0.6) is 0 Å². The van der Waals surface area contributed by atoms with Crippen molar-refractivity contribution in [1.29, 1.82) is 0 Å². The lowest BCUT2D eigenvalue weighted by molar-refractivity contribution is 0.0762. The minimum Gasteiger partial charge on any atom is -0.399 e. The molecule has 0 spiro atoms. The Hall–Kier alpha value is -1.11. The van der Waals surface area contributed by atoms with Crippen LogP contribution in [-0.2, 0) is 20.5 Å². The molecule has 1 aromatic rings. The van der Waals surface area contributed by atoms with Crippen LogP contribution in [0.15, 0.2) is 24.3 Å². The van der Waals surface area contributed by atoms with Gasteiger partial charge < -0.3 is 10.5 Å². The van der Waals surface area contributed by atoms with Crippen molar-refractivity contribution in [3.8, 4) is 0 Å². The van der Waals surface area contributed by atoms with E-state index in [1.54, 1.807) is 24.3 Å². The molecule has 0 aliphatic rings. The Balaban J connectivity index is 2.28. The number of nitrogens with one attached hydrogen (secondary N) is 1. The lowest BCUT2D eigenvalue weighted by Gasteiger charge is -2.09. The number of ether oxygens (including phenoxy) is 1. The van der Waals surface area contributed by atoms with E-state index in [4.69, 9.17) is 10.5 Å². The number of nitrogens with two attached hydrogens (primary N) is 1. The van der Waals surface area contributed by atoms with Crippen molar-refractivity contribution >= 4 is 15.7 Å². The van der Waals surface area contributed by atoms with Crippen molar-refractivity contribution < 1.29 is 13.2 Å². The van der Waals surface area contributed by atoms with Crippen LogP contribution in [-0.4, -0.2) is 27.7 Å². The molecule has 0 unspecified atom stereocenters. The highest BCUT2D eigenvalue weighted by molar-refractivity contribution is 7.88. The molecule has 0 amide bonds. The van der Waals surface area contributed by atoms with Gasteiger partial charge in [0.05, 0.1) is 11.9 Å². The van der Waals surface area contributed by atoms with Gasteiger partial charge in [-0.2, -0.15) is 0 Å². The topological polar surface area (TPSA) is 81.4 Å². The highest BCUT2D eigenvalue weighted by Gasteiger charge is 2.10. The molecule has 1 rings (SSSR count). The summed E-state index contributed by atoms with van der Waals surface area (Å²) >= 11 is 0. The second-order valence-corrected chi connectivity index (χ2v) is 6.83. The van der Waals surface area contributed by atoms with Crippen molar-refractivity contribution in [1.82, 2.24) is 4.72 Å². The van der Waals surface area contributed by atoms with Crippen LogP contribution in [0.4, 0.5) is 5.69 Å². The average Bonchev–Trinajstić information content (AvgIpc) is 2.32. The summed E-state index contributed by atoms with van der Waals surface area (Å²) < 4.78 is 31.7. The fourth-order valence-corrected chi connectivity index (χ4v) is 2.90. The molecule has 20 heavy (non-hydrogen) atoms. The largest absolute Gasteiger partial charge is 0.399 e. The number of sulfonamides is 1. The van der Waals surface area contributed by atoms with Gasteiger partial charge in [0.2, 0.25) is 10.0 Å². The Kier molecular flexibility index (Phi) is 6.98. The van der Waals surface area contributed by atoms with Gasteiger partial charge in [-0.15, -0.1) is 0 Å². The van der Waals surface area contributed by atoms with E-state index in [9.17, 15) is 8.42 Å². The second-order valence-electron chi connectivity index (χ2n) is 5.03. The number of hydrogen-bond donors (Lipinski definition) is 2. The fraction of sp³-hybridized carbons (Fsp3) is 0.571. The van der Waals surface area contributed by atoms with E-state index in [0.29, 0.717) is 24.4 Å². The van der Waals surface area contributed by atoms with Crippen LogP contribution in [0.1, 0.15) is 32.3 Å². The molecule has 0 aliphatic heterocycles.